The minimum absolute atomic E-state index is 0.222. The predicted molar refractivity (Wildman–Crippen MR) is 41.4 cm³/mol. The van der Waals surface area contributed by atoms with Crippen molar-refractivity contribution in [1.82, 2.24) is 0 Å². The van der Waals surface area contributed by atoms with Gasteiger partial charge in [0.2, 0.25) is 0 Å². The molecular formula is C8H5F4HgO3. The van der Waals surface area contributed by atoms with Crippen LogP contribution in [0, 0.1) is 5.82 Å². The molecule has 0 unspecified atom stereocenters. The van der Waals surface area contributed by atoms with Crippen molar-refractivity contribution in [3.05, 3.63) is 24.0 Å². The fourth-order valence-corrected chi connectivity index (χ4v) is 1.77. The van der Waals surface area contributed by atoms with E-state index in [9.17, 15) is 17.6 Å². The number of hydrogen-bond acceptors (Lipinski definition) is 2. The van der Waals surface area contributed by atoms with Crippen molar-refractivity contribution in [3.63, 3.8) is 0 Å². The van der Waals surface area contributed by atoms with Gasteiger partial charge in [-0.25, -0.2) is 4.79 Å². The molecule has 1 aromatic rings. The van der Waals surface area contributed by atoms with Crippen LogP contribution in [0.1, 0.15) is 0 Å². The fourth-order valence-electron chi connectivity index (χ4n) is 0.554. The van der Waals surface area contributed by atoms with Gasteiger partial charge in [-0.1, -0.05) is 0 Å². The summed E-state index contributed by atoms with van der Waals surface area (Å²) in [5.74, 6) is -2.80. The molecule has 85 valence electrons. The number of carboxylic acid groups (broad SMARTS) is 1. The van der Waals surface area contributed by atoms with Crippen molar-refractivity contribution < 1.29 is 58.7 Å². The van der Waals surface area contributed by atoms with Crippen molar-refractivity contribution in [1.29, 1.82) is 0 Å². The molecule has 0 saturated carbocycles. The molecule has 0 aliphatic rings. The quantitative estimate of drug-likeness (QED) is 0.487. The Hall–Kier alpha value is -0.855. The summed E-state index contributed by atoms with van der Waals surface area (Å²) in [6.45, 7) is 0. The summed E-state index contributed by atoms with van der Waals surface area (Å²) >= 11 is 0.298. The van der Waals surface area contributed by atoms with Crippen molar-refractivity contribution in [2.24, 2.45) is 0 Å². The van der Waals surface area contributed by atoms with Crippen LogP contribution in [-0.4, -0.2) is 22.4 Å². The Balaban J connectivity index is 0.000000293. The molecule has 0 saturated heterocycles. The van der Waals surface area contributed by atoms with E-state index in [1.807, 2.05) is 0 Å². The molecule has 3 nitrogen and oxygen atoms in total. The number of carbonyl (C=O) groups is 1. The van der Waals surface area contributed by atoms with Crippen LogP contribution in [0.5, 0.6) is 5.75 Å². The average Bonchev–Trinajstić information content (AvgIpc) is 2.11. The van der Waals surface area contributed by atoms with Crippen molar-refractivity contribution >= 4 is 9.04 Å². The number of aromatic hydroxyl groups is 1. The second-order valence-electron chi connectivity index (χ2n) is 2.58. The van der Waals surface area contributed by atoms with E-state index in [4.69, 9.17) is 15.0 Å². The first-order valence-electron chi connectivity index (χ1n) is 3.75. The Labute approximate surface area is 104 Å². The van der Waals surface area contributed by atoms with Gasteiger partial charge in [-0.3, -0.25) is 0 Å². The predicted octanol–water partition coefficient (Wildman–Crippen LogP) is 1.34. The first-order valence-corrected chi connectivity index (χ1v) is 6.50. The molecule has 0 aliphatic heterocycles. The van der Waals surface area contributed by atoms with Crippen molar-refractivity contribution in [2.45, 2.75) is 6.18 Å². The second kappa shape index (κ2) is 6.02. The van der Waals surface area contributed by atoms with Crippen LogP contribution in [0.25, 0.3) is 0 Å². The van der Waals surface area contributed by atoms with Gasteiger partial charge in [-0.05, 0) is 0 Å². The van der Waals surface area contributed by atoms with Gasteiger partial charge in [0, 0.05) is 0 Å². The molecule has 8 heteroatoms. The van der Waals surface area contributed by atoms with E-state index in [1.54, 1.807) is 0 Å². The van der Waals surface area contributed by atoms with Crippen molar-refractivity contribution in [3.8, 4) is 5.75 Å². The third-order valence-corrected chi connectivity index (χ3v) is 3.49. The van der Waals surface area contributed by atoms with Gasteiger partial charge in [0.15, 0.2) is 0 Å². The number of phenols is 1. The Bertz CT molecular complexity index is 378. The molecule has 0 amide bonds. The summed E-state index contributed by atoms with van der Waals surface area (Å²) in [6, 6.07) is 4.02. The van der Waals surface area contributed by atoms with Crippen molar-refractivity contribution in [2.75, 3.05) is 0 Å². The number of rotatable bonds is 0. The van der Waals surface area contributed by atoms with Gasteiger partial charge in [-0.15, -0.1) is 0 Å². The normalized spacial score (nSPS) is 10.4. The monoisotopic (exact) mass is 427 g/mol. The van der Waals surface area contributed by atoms with Crippen LogP contribution in [0.4, 0.5) is 17.6 Å². The summed E-state index contributed by atoms with van der Waals surface area (Å²) in [7, 11) is 0. The van der Waals surface area contributed by atoms with Gasteiger partial charge in [0.1, 0.15) is 0 Å². The number of phenolic OH excluding ortho intramolecular Hbond substituents is 1. The molecule has 1 rings (SSSR count). The maximum atomic E-state index is 12.3. The summed E-state index contributed by atoms with van der Waals surface area (Å²) in [5.41, 5.74) is 0. The Morgan fingerprint density at radius 2 is 1.75 bits per heavy atom. The van der Waals surface area contributed by atoms with Gasteiger partial charge < -0.3 is 5.11 Å². The molecule has 0 atom stereocenters. The maximum absolute atomic E-state index is 12.3. The molecular weight excluding hydrogens is 421 g/mol. The number of carboxylic acids is 1. The SMILES string of the molecule is O=C(O)C(F)(F)F.Oc1ccc(F)c[c]1[Hg]. The zero-order valence-corrected chi connectivity index (χ0v) is 13.3. The molecule has 0 spiro atoms. The number of aliphatic carboxylic acids is 1. The molecule has 0 bridgehead atoms. The number of halogens is 4. The van der Waals surface area contributed by atoms with Crippen LogP contribution in [0.3, 0.4) is 0 Å². The minimum atomic E-state index is -5.08. The zero-order valence-electron chi connectivity index (χ0n) is 7.75. The van der Waals surface area contributed by atoms with Crippen LogP contribution in [0.15, 0.2) is 18.2 Å². The third kappa shape index (κ3) is 5.89. The van der Waals surface area contributed by atoms with E-state index in [0.717, 1.165) is 3.07 Å². The summed E-state index contributed by atoms with van der Waals surface area (Å²) in [6.07, 6.45) is -5.08. The summed E-state index contributed by atoms with van der Waals surface area (Å²) < 4.78 is 44.8. The van der Waals surface area contributed by atoms with E-state index in [2.05, 4.69) is 0 Å². The van der Waals surface area contributed by atoms with Gasteiger partial charge in [-0.2, -0.15) is 13.2 Å². The molecule has 2 N–H and O–H groups in total. The molecule has 1 aromatic carbocycles. The molecule has 0 heterocycles. The van der Waals surface area contributed by atoms with Gasteiger partial charge in [0.25, 0.3) is 0 Å². The van der Waals surface area contributed by atoms with E-state index in [0.29, 0.717) is 26.1 Å². The zero-order chi connectivity index (χ0) is 12.9. The van der Waals surface area contributed by atoms with Crippen LogP contribution < -0.4 is 3.07 Å². The van der Waals surface area contributed by atoms with E-state index < -0.39 is 12.1 Å². The van der Waals surface area contributed by atoms with E-state index in [1.165, 1.54) is 18.2 Å². The fraction of sp³-hybridized carbons (Fsp3) is 0.125. The molecule has 0 aliphatic carbocycles. The van der Waals surface area contributed by atoms with Gasteiger partial charge >= 0.3 is 80.6 Å². The standard InChI is InChI=1S/C6H4FO.C2HF3O2.Hg/c7-5-1-3-6(8)4-2-5;3-2(4,5)1(6)7;/h1-3,8H;(H,6,7);. The first-order chi connectivity index (χ1) is 7.14. The Morgan fingerprint density at radius 1 is 1.31 bits per heavy atom. The Morgan fingerprint density at radius 3 is 2.00 bits per heavy atom. The van der Waals surface area contributed by atoms with Crippen LogP contribution in [-0.2, 0) is 30.9 Å². The summed E-state index contributed by atoms with van der Waals surface area (Å²) in [4.78, 5) is 8.90. The number of benzene rings is 1. The summed E-state index contributed by atoms with van der Waals surface area (Å²) in [5, 5.41) is 16.1. The molecule has 0 radical (unpaired) electrons. The van der Waals surface area contributed by atoms with E-state index >= 15 is 0 Å². The average molecular weight is 426 g/mol. The second-order valence-corrected chi connectivity index (χ2v) is 5.54. The van der Waals surface area contributed by atoms with Crippen LogP contribution in [0.2, 0.25) is 0 Å². The Kier molecular flexibility index (Phi) is 5.70. The first kappa shape index (κ1) is 15.1. The number of alkyl halides is 3. The topological polar surface area (TPSA) is 57.5 Å². The molecule has 0 aromatic heterocycles. The molecule has 16 heavy (non-hydrogen) atoms. The number of hydrogen-bond donors (Lipinski definition) is 2. The van der Waals surface area contributed by atoms with Crippen LogP contribution >= 0.6 is 0 Å². The third-order valence-electron chi connectivity index (χ3n) is 1.28. The van der Waals surface area contributed by atoms with Gasteiger partial charge in [0.05, 0.1) is 0 Å². The molecule has 0 fully saturated rings. The van der Waals surface area contributed by atoms with E-state index in [-0.39, 0.29) is 11.6 Å².